The third kappa shape index (κ3) is 17.6. The molecule has 8 heteroatoms. The number of aliphatic hydroxyl groups is 7. The molecule has 7 nitrogen and oxygen atoms in total. The third-order valence-corrected chi connectivity index (χ3v) is 21.3. The van der Waals surface area contributed by atoms with Crippen LogP contribution in [0.15, 0.2) is 295 Å². The third-order valence-electron chi connectivity index (χ3n) is 20.5. The van der Waals surface area contributed by atoms with Crippen molar-refractivity contribution in [3.05, 3.63) is 400 Å². The molecule has 11 aromatic carbocycles. The van der Waals surface area contributed by atoms with Crippen LogP contribution < -0.4 is 0 Å². The van der Waals surface area contributed by atoms with Crippen molar-refractivity contribution in [2.24, 2.45) is 0 Å². The maximum absolute atomic E-state index is 9.66. The van der Waals surface area contributed by atoms with Crippen LogP contribution in [0.4, 0.5) is 0 Å². The lowest BCUT2D eigenvalue weighted by Crippen LogP contribution is -2.06. The Bertz CT molecular complexity index is 4960. The highest BCUT2D eigenvalue weighted by Crippen LogP contribution is 2.43. The van der Waals surface area contributed by atoms with E-state index in [1.54, 1.807) is 0 Å². The second-order valence-corrected chi connectivity index (χ2v) is 28.1. The van der Waals surface area contributed by atoms with Crippen LogP contribution in [0.1, 0.15) is 141 Å². The molecule has 524 valence electrons. The Hall–Kier alpha value is -9.94. The van der Waals surface area contributed by atoms with Gasteiger partial charge < -0.3 is 35.7 Å². The summed E-state index contributed by atoms with van der Waals surface area (Å²) in [5.41, 5.74) is 28.7. The van der Waals surface area contributed by atoms with Gasteiger partial charge in [0.15, 0.2) is 0 Å². The van der Waals surface area contributed by atoms with Crippen LogP contribution in [0.3, 0.4) is 0 Å². The van der Waals surface area contributed by atoms with E-state index < -0.39 is 0 Å². The van der Waals surface area contributed by atoms with E-state index >= 15 is 0 Å². The Morgan fingerprint density at radius 2 is 0.769 bits per heavy atom. The van der Waals surface area contributed by atoms with Crippen LogP contribution >= 0.6 is 15.9 Å². The van der Waals surface area contributed by atoms with E-state index in [0.29, 0.717) is 0 Å². The molecule has 7 N–H and O–H groups in total. The average molecular weight is 1440 g/mol. The van der Waals surface area contributed by atoms with Gasteiger partial charge in [-0.15, -0.1) is 0 Å². The summed E-state index contributed by atoms with van der Waals surface area (Å²) in [6.07, 6.45) is 21.9. The number of benzene rings is 11. The van der Waals surface area contributed by atoms with Crippen LogP contribution in [0.25, 0.3) is 58.4 Å². The topological polar surface area (TPSA) is 142 Å². The van der Waals surface area contributed by atoms with E-state index in [1.165, 1.54) is 133 Å². The number of hydrogen-bond donors (Lipinski definition) is 7. The molecular formula is C96H91BrO7. The predicted octanol–water partition coefficient (Wildman–Crippen LogP) is 19.6. The number of halogens is 1. The molecular weight excluding hydrogens is 1340 g/mol. The molecule has 6 atom stereocenters. The van der Waals surface area contributed by atoms with E-state index in [-0.39, 0.29) is 81.8 Å². The first-order chi connectivity index (χ1) is 51.0. The molecule has 0 amide bonds. The monoisotopic (exact) mass is 1430 g/mol. The van der Waals surface area contributed by atoms with Crippen LogP contribution in [0.5, 0.6) is 0 Å². The van der Waals surface area contributed by atoms with Crippen molar-refractivity contribution in [2.75, 3.05) is 46.2 Å². The number of rotatable bonds is 12. The van der Waals surface area contributed by atoms with Crippen LogP contribution in [-0.4, -0.2) is 82.0 Å². The van der Waals surface area contributed by atoms with Gasteiger partial charge in [-0.1, -0.05) is 342 Å². The fraction of sp³-hybridized carbons (Fsp3) is 0.188. The standard InChI is InChI=1S/C18H18O.C17H16O.C16H14O.C14H12O.C11H12O.C10H9BrO.C10H10O/c1-13-6-8-14(9-7-13)10-16-11-15-4-2-3-5-17(15)18(16)12-19;18-12-17-15(10-13-6-2-1-3-7-13)11-14-8-4-5-9-16(14)17;17-11-16-14-9-5-4-8-13(14)10-15(16)12-6-2-1-3-7-12;15-9-13-6-5-12-7-10-3-1-2-4-11(10)8-14(12)13;1-8-2-5-11-9(6-8)3-4-10(11)7-12;11-10-5-7-3-1-2-4-8(7)9(10)6-12;11-7-9-6-5-8-3-1-2-4-10(8)9/h2-9,11,18-19H,10,12H2,1H3;1-9,11,17-18H,10,12H2;1-10,16-17H,11H2;1-4,6-8,15H,5,9H2;2-6,10,12H,7H2,1H3;1-5,9,12H,6H2;1-6,9,11H,7H2. The summed E-state index contributed by atoms with van der Waals surface area (Å²) < 4.78 is 1.08. The molecule has 0 fully saturated rings. The number of fused-ring (bicyclic) bond motifs is 8. The molecule has 0 heterocycles. The van der Waals surface area contributed by atoms with Crippen molar-refractivity contribution in [1.82, 2.24) is 0 Å². The summed E-state index contributed by atoms with van der Waals surface area (Å²) in [5, 5.41) is 67.7. The first kappa shape index (κ1) is 73.8. The average Bonchev–Trinajstić information content (AvgIpc) is 1.58. The fourth-order valence-electron chi connectivity index (χ4n) is 14.9. The first-order valence-corrected chi connectivity index (χ1v) is 36.8. The molecule has 7 aliphatic rings. The molecule has 0 saturated heterocycles. The second kappa shape index (κ2) is 36.0. The Morgan fingerprint density at radius 3 is 1.31 bits per heavy atom. The minimum atomic E-state index is 0.119. The van der Waals surface area contributed by atoms with E-state index in [0.717, 1.165) is 29.3 Å². The zero-order chi connectivity index (χ0) is 72.3. The maximum atomic E-state index is 9.66. The van der Waals surface area contributed by atoms with Crippen LogP contribution in [0.2, 0.25) is 0 Å². The van der Waals surface area contributed by atoms with Crippen molar-refractivity contribution in [2.45, 2.75) is 68.6 Å². The zero-order valence-electron chi connectivity index (χ0n) is 59.1. The van der Waals surface area contributed by atoms with Gasteiger partial charge in [0.2, 0.25) is 0 Å². The van der Waals surface area contributed by atoms with Crippen molar-refractivity contribution in [3.63, 3.8) is 0 Å². The second-order valence-electron chi connectivity index (χ2n) is 27.2. The van der Waals surface area contributed by atoms with Crippen LogP contribution in [0, 0.1) is 13.8 Å². The molecule has 11 aromatic rings. The van der Waals surface area contributed by atoms with Gasteiger partial charge in [0.05, 0.1) is 46.2 Å². The smallest absolute Gasteiger partial charge is 0.0684 e. The summed E-state index contributed by atoms with van der Waals surface area (Å²) >= 11 is 3.45. The highest BCUT2D eigenvalue weighted by molar-refractivity contribution is 9.11. The minimum Gasteiger partial charge on any atom is -0.395 e. The summed E-state index contributed by atoms with van der Waals surface area (Å²) in [5.74, 6) is 1.06. The number of aryl methyl sites for hydroxylation is 2. The Morgan fingerprint density at radius 1 is 0.346 bits per heavy atom. The molecule has 0 saturated carbocycles. The van der Waals surface area contributed by atoms with Crippen molar-refractivity contribution in [3.8, 4) is 0 Å². The molecule has 6 unspecified atom stereocenters. The Kier molecular flexibility index (Phi) is 25.5. The molecule has 18 rings (SSSR count). The largest absolute Gasteiger partial charge is 0.395 e. The molecule has 0 aliphatic heterocycles. The van der Waals surface area contributed by atoms with Gasteiger partial charge in [0, 0.05) is 40.0 Å². The van der Waals surface area contributed by atoms with Gasteiger partial charge >= 0.3 is 0 Å². The number of hydrogen-bond acceptors (Lipinski definition) is 7. The van der Waals surface area contributed by atoms with Gasteiger partial charge in [-0.3, -0.25) is 0 Å². The minimum absolute atomic E-state index is 0.119. The number of allylic oxidation sites excluding steroid dienone is 1. The quantitative estimate of drug-likeness (QED) is 0.0646. The van der Waals surface area contributed by atoms with Crippen LogP contribution in [-0.2, 0) is 19.3 Å². The zero-order valence-corrected chi connectivity index (χ0v) is 60.7. The van der Waals surface area contributed by atoms with Crippen molar-refractivity contribution >= 4 is 74.3 Å². The van der Waals surface area contributed by atoms with E-state index in [4.69, 9.17) is 15.3 Å². The van der Waals surface area contributed by atoms with Gasteiger partial charge in [-0.25, -0.2) is 0 Å². The normalized spacial score (nSPS) is 17.8. The lowest BCUT2D eigenvalue weighted by molar-refractivity contribution is 0.279. The van der Waals surface area contributed by atoms with Gasteiger partial charge in [-0.05, 0) is 162 Å². The fourth-order valence-corrected chi connectivity index (χ4v) is 15.6. The first-order valence-electron chi connectivity index (χ1n) is 36.0. The highest BCUT2D eigenvalue weighted by Gasteiger charge is 2.28. The summed E-state index contributed by atoms with van der Waals surface area (Å²) in [6.45, 7) is 5.48. The molecule has 0 radical (unpaired) electrons. The Balaban J connectivity index is 0.000000115. The SMILES string of the molecule is Cc1ccc(CC2=Cc3ccccc3C2CO)cc1.Cc1ccc2c(c1)C=CC2CO.OCC1=CCc2cc3ccccc3cc21.OCC1C(Br)=Cc2ccccc21.OCC1C(Cc2ccccc2)=Cc2ccccc21.OCC1C(c2ccccc2)=Cc2ccccc21.OCC1C=Cc2ccccc21. The molecule has 104 heavy (non-hydrogen) atoms. The molecule has 7 aliphatic carbocycles. The van der Waals surface area contributed by atoms with E-state index in [9.17, 15) is 20.4 Å². The van der Waals surface area contributed by atoms with Gasteiger partial charge in [0.1, 0.15) is 0 Å². The lowest BCUT2D eigenvalue weighted by atomic mass is 9.92. The summed E-state index contributed by atoms with van der Waals surface area (Å²) in [6, 6.07) is 89.7. The van der Waals surface area contributed by atoms with Gasteiger partial charge in [-0.2, -0.15) is 0 Å². The summed E-state index contributed by atoms with van der Waals surface area (Å²) in [4.78, 5) is 0. The molecule has 0 bridgehead atoms. The summed E-state index contributed by atoms with van der Waals surface area (Å²) in [7, 11) is 0. The van der Waals surface area contributed by atoms with Crippen molar-refractivity contribution < 1.29 is 35.7 Å². The maximum Gasteiger partial charge on any atom is 0.0684 e. The predicted molar refractivity (Wildman–Crippen MR) is 435 cm³/mol. The lowest BCUT2D eigenvalue weighted by Gasteiger charge is -2.14. The molecule has 0 spiro atoms. The number of aliphatic hydroxyl groups excluding tert-OH is 7. The van der Waals surface area contributed by atoms with Crippen molar-refractivity contribution in [1.29, 1.82) is 0 Å². The Labute approximate surface area is 621 Å². The highest BCUT2D eigenvalue weighted by atomic mass is 79.9. The van der Waals surface area contributed by atoms with Gasteiger partial charge in [0.25, 0.3) is 0 Å². The molecule has 0 aromatic heterocycles. The van der Waals surface area contributed by atoms with E-state index in [1.807, 2.05) is 84.9 Å². The van der Waals surface area contributed by atoms with E-state index in [2.05, 4.69) is 260 Å².